The number of hydrogen-bond acceptors (Lipinski definition) is 3. The van der Waals surface area contributed by atoms with Crippen LogP contribution in [-0.2, 0) is 14.3 Å². The van der Waals surface area contributed by atoms with E-state index in [1.807, 2.05) is 20.8 Å². The number of carbonyl (C=O) groups excluding carboxylic acids is 1. The van der Waals surface area contributed by atoms with E-state index in [0.717, 1.165) is 25.7 Å². The zero-order chi connectivity index (χ0) is 12.9. The lowest BCUT2D eigenvalue weighted by Gasteiger charge is -2.37. The predicted octanol–water partition coefficient (Wildman–Crippen LogP) is 2.97. The van der Waals surface area contributed by atoms with E-state index in [2.05, 4.69) is 6.92 Å². The van der Waals surface area contributed by atoms with Crippen molar-refractivity contribution in [3.63, 3.8) is 0 Å². The zero-order valence-electron chi connectivity index (χ0n) is 11.6. The van der Waals surface area contributed by atoms with Gasteiger partial charge in [0.1, 0.15) is 12.2 Å². The Labute approximate surface area is 105 Å². The molecule has 3 heteroatoms. The minimum atomic E-state index is -0.559. The van der Waals surface area contributed by atoms with Crippen molar-refractivity contribution in [1.29, 1.82) is 0 Å². The molecule has 0 spiro atoms. The van der Waals surface area contributed by atoms with Crippen LogP contribution in [0.1, 0.15) is 53.4 Å². The average Bonchev–Trinajstić information content (AvgIpc) is 2.29. The van der Waals surface area contributed by atoms with Gasteiger partial charge >= 0.3 is 0 Å². The van der Waals surface area contributed by atoms with Gasteiger partial charge in [0.15, 0.2) is 5.78 Å². The van der Waals surface area contributed by atoms with Crippen molar-refractivity contribution in [3.05, 3.63) is 0 Å². The summed E-state index contributed by atoms with van der Waals surface area (Å²) in [6, 6.07) is 0. The third-order valence-electron chi connectivity index (χ3n) is 3.56. The Bertz CT molecular complexity index is 240. The molecule has 0 amide bonds. The highest BCUT2D eigenvalue weighted by Gasteiger charge is 2.41. The Morgan fingerprint density at radius 1 is 1.35 bits per heavy atom. The molecule has 0 N–H and O–H groups in total. The van der Waals surface area contributed by atoms with Crippen molar-refractivity contribution in [2.45, 2.75) is 65.1 Å². The highest BCUT2D eigenvalue weighted by molar-refractivity contribution is 5.88. The molecule has 1 saturated carbocycles. The molecule has 0 heterocycles. The van der Waals surface area contributed by atoms with Gasteiger partial charge in [0.05, 0.1) is 6.10 Å². The summed E-state index contributed by atoms with van der Waals surface area (Å²) in [5.74, 6) is 0.836. The predicted molar refractivity (Wildman–Crippen MR) is 68.1 cm³/mol. The van der Waals surface area contributed by atoms with Crippen molar-refractivity contribution in [2.75, 3.05) is 13.2 Å². The first kappa shape index (κ1) is 14.7. The van der Waals surface area contributed by atoms with E-state index in [9.17, 15) is 4.79 Å². The van der Waals surface area contributed by atoms with E-state index in [1.165, 1.54) is 0 Å². The number of ether oxygens (including phenoxy) is 2. The summed E-state index contributed by atoms with van der Waals surface area (Å²) in [4.78, 5) is 12.3. The summed E-state index contributed by atoms with van der Waals surface area (Å²) in [5, 5.41) is 0. The van der Waals surface area contributed by atoms with E-state index in [4.69, 9.17) is 9.47 Å². The second kappa shape index (κ2) is 6.50. The summed E-state index contributed by atoms with van der Waals surface area (Å²) in [7, 11) is 0. The summed E-state index contributed by atoms with van der Waals surface area (Å²) in [6.07, 6.45) is 3.95. The molecule has 0 saturated heterocycles. The van der Waals surface area contributed by atoms with Crippen molar-refractivity contribution in [3.8, 4) is 0 Å². The van der Waals surface area contributed by atoms with E-state index in [-0.39, 0.29) is 18.5 Å². The monoisotopic (exact) mass is 242 g/mol. The van der Waals surface area contributed by atoms with Crippen LogP contribution in [0, 0.1) is 5.92 Å². The van der Waals surface area contributed by atoms with Gasteiger partial charge < -0.3 is 9.47 Å². The van der Waals surface area contributed by atoms with Gasteiger partial charge in [-0.3, -0.25) is 4.79 Å². The van der Waals surface area contributed by atoms with Gasteiger partial charge in [-0.2, -0.15) is 0 Å². The van der Waals surface area contributed by atoms with Gasteiger partial charge in [-0.25, -0.2) is 0 Å². The second-order valence-electron chi connectivity index (χ2n) is 5.39. The molecule has 0 bridgehead atoms. The molecule has 0 atom stereocenters. The first-order valence-corrected chi connectivity index (χ1v) is 6.79. The van der Waals surface area contributed by atoms with Gasteiger partial charge in [0, 0.05) is 6.61 Å². The van der Waals surface area contributed by atoms with Gasteiger partial charge in [-0.1, -0.05) is 6.92 Å². The molecule has 1 rings (SSSR count). The van der Waals surface area contributed by atoms with Crippen LogP contribution in [0.15, 0.2) is 0 Å². The van der Waals surface area contributed by atoms with E-state index < -0.39 is 5.60 Å². The topological polar surface area (TPSA) is 35.5 Å². The van der Waals surface area contributed by atoms with E-state index >= 15 is 0 Å². The highest BCUT2D eigenvalue weighted by Crippen LogP contribution is 2.35. The largest absolute Gasteiger partial charge is 0.371 e. The van der Waals surface area contributed by atoms with E-state index in [0.29, 0.717) is 12.5 Å². The zero-order valence-corrected chi connectivity index (χ0v) is 11.6. The molecule has 3 nitrogen and oxygen atoms in total. The third kappa shape index (κ3) is 4.07. The van der Waals surface area contributed by atoms with Gasteiger partial charge in [-0.05, 0) is 52.4 Å². The smallest absolute Gasteiger partial charge is 0.190 e. The Hall–Kier alpha value is -0.410. The maximum absolute atomic E-state index is 12.3. The number of Topliss-reactive ketones (excluding diaryl/α,β-unsaturated/α-hetero) is 1. The Kier molecular flexibility index (Phi) is 5.60. The molecule has 0 unspecified atom stereocenters. The van der Waals surface area contributed by atoms with Crippen LogP contribution in [0.2, 0.25) is 0 Å². The molecule has 1 fully saturated rings. The molecule has 0 radical (unpaired) electrons. The lowest BCUT2D eigenvalue weighted by Crippen LogP contribution is -2.46. The van der Waals surface area contributed by atoms with Crippen molar-refractivity contribution in [1.82, 2.24) is 0 Å². The van der Waals surface area contributed by atoms with Crippen molar-refractivity contribution < 1.29 is 14.3 Å². The normalized spacial score (nSPS) is 29.6. The fourth-order valence-electron chi connectivity index (χ4n) is 2.38. The number of ketones is 1. The van der Waals surface area contributed by atoms with Crippen LogP contribution in [0.25, 0.3) is 0 Å². The first-order chi connectivity index (χ1) is 8.00. The van der Waals surface area contributed by atoms with Crippen LogP contribution in [0.5, 0.6) is 0 Å². The number of rotatable bonds is 6. The summed E-state index contributed by atoms with van der Waals surface area (Å²) >= 11 is 0. The maximum atomic E-state index is 12.3. The van der Waals surface area contributed by atoms with Crippen LogP contribution in [-0.4, -0.2) is 30.7 Å². The summed E-state index contributed by atoms with van der Waals surface area (Å²) < 4.78 is 11.2. The lowest BCUT2D eigenvalue weighted by molar-refractivity contribution is -0.156. The van der Waals surface area contributed by atoms with Crippen molar-refractivity contribution in [2.24, 2.45) is 5.92 Å². The maximum Gasteiger partial charge on any atom is 0.190 e. The molecule has 1 aliphatic rings. The second-order valence-corrected chi connectivity index (χ2v) is 5.39. The minimum absolute atomic E-state index is 0.0974. The standard InChI is InChI=1S/C14H26O3/c1-5-17-14(8-6-12(4)7-9-14)13(15)10-16-11(2)3/h11-12H,5-10H2,1-4H3. The molecular weight excluding hydrogens is 216 g/mol. The van der Waals surface area contributed by atoms with Gasteiger partial charge in [-0.15, -0.1) is 0 Å². The highest BCUT2D eigenvalue weighted by atomic mass is 16.5. The lowest BCUT2D eigenvalue weighted by atomic mass is 9.77. The Morgan fingerprint density at radius 2 is 1.94 bits per heavy atom. The molecule has 0 aromatic heterocycles. The average molecular weight is 242 g/mol. The summed E-state index contributed by atoms with van der Waals surface area (Å²) in [6.45, 7) is 8.88. The number of carbonyl (C=O) groups is 1. The molecular formula is C14H26O3. The van der Waals surface area contributed by atoms with Gasteiger partial charge in [0.25, 0.3) is 0 Å². The van der Waals surface area contributed by atoms with E-state index in [1.54, 1.807) is 0 Å². The van der Waals surface area contributed by atoms with Crippen LogP contribution in [0.3, 0.4) is 0 Å². The van der Waals surface area contributed by atoms with Crippen LogP contribution < -0.4 is 0 Å². The molecule has 100 valence electrons. The Morgan fingerprint density at radius 3 is 2.41 bits per heavy atom. The fraction of sp³-hybridized carbons (Fsp3) is 0.929. The fourth-order valence-corrected chi connectivity index (χ4v) is 2.38. The van der Waals surface area contributed by atoms with Crippen LogP contribution in [0.4, 0.5) is 0 Å². The SMILES string of the molecule is CCOC1(C(=O)COC(C)C)CCC(C)CC1. The van der Waals surface area contributed by atoms with Crippen molar-refractivity contribution >= 4 is 5.78 Å². The minimum Gasteiger partial charge on any atom is -0.371 e. The third-order valence-corrected chi connectivity index (χ3v) is 3.56. The first-order valence-electron chi connectivity index (χ1n) is 6.79. The molecule has 0 aromatic carbocycles. The van der Waals surface area contributed by atoms with Gasteiger partial charge in [0.2, 0.25) is 0 Å². The summed E-state index contributed by atoms with van der Waals surface area (Å²) in [5.41, 5.74) is -0.559. The molecule has 0 aliphatic heterocycles. The Balaban J connectivity index is 2.60. The molecule has 1 aliphatic carbocycles. The number of hydrogen-bond donors (Lipinski definition) is 0. The molecule has 0 aromatic rings. The molecule has 17 heavy (non-hydrogen) atoms. The quantitative estimate of drug-likeness (QED) is 0.718. The van der Waals surface area contributed by atoms with Crippen LogP contribution >= 0.6 is 0 Å².